The molecule has 3 aromatic rings. The lowest BCUT2D eigenvalue weighted by molar-refractivity contribution is 0.590. The smallest absolute Gasteiger partial charge is 0.223 e. The van der Waals surface area contributed by atoms with Crippen LogP contribution in [0, 0.1) is 5.82 Å². The van der Waals surface area contributed by atoms with Crippen LogP contribution in [0.3, 0.4) is 0 Å². The van der Waals surface area contributed by atoms with Crippen LogP contribution in [0.15, 0.2) is 40.9 Å². The zero-order valence-corrected chi connectivity index (χ0v) is 10.4. The maximum Gasteiger partial charge on any atom is 0.223 e. The van der Waals surface area contributed by atoms with Crippen LogP contribution in [0.1, 0.15) is 6.92 Å². The van der Waals surface area contributed by atoms with Crippen LogP contribution < -0.4 is 5.32 Å². The van der Waals surface area contributed by atoms with Gasteiger partial charge in [0.05, 0.1) is 6.20 Å². The third-order valence-electron chi connectivity index (χ3n) is 2.74. The second-order valence-corrected chi connectivity index (χ2v) is 4.07. The lowest BCUT2D eigenvalue weighted by Crippen LogP contribution is -2.03. The molecule has 0 saturated heterocycles. The molecule has 0 saturated carbocycles. The molecular weight excluding hydrogens is 245 g/mol. The predicted octanol–water partition coefficient (Wildman–Crippen LogP) is 3.46. The molecule has 4 nitrogen and oxygen atoms in total. The van der Waals surface area contributed by atoms with Crippen molar-refractivity contribution in [3.8, 4) is 11.5 Å². The minimum absolute atomic E-state index is 0.169. The fourth-order valence-corrected chi connectivity index (χ4v) is 1.88. The molecule has 0 fully saturated rings. The van der Waals surface area contributed by atoms with Gasteiger partial charge in [-0.05, 0) is 19.1 Å². The Morgan fingerprint density at radius 3 is 2.95 bits per heavy atom. The van der Waals surface area contributed by atoms with E-state index in [2.05, 4.69) is 15.3 Å². The Labute approximate surface area is 109 Å². The van der Waals surface area contributed by atoms with E-state index >= 15 is 0 Å². The molecule has 0 bridgehead atoms. The quantitative estimate of drug-likeness (QED) is 0.780. The third kappa shape index (κ3) is 2.14. The van der Waals surface area contributed by atoms with E-state index in [0.717, 1.165) is 11.6 Å². The molecule has 1 N–H and O–H groups in total. The fourth-order valence-electron chi connectivity index (χ4n) is 1.88. The van der Waals surface area contributed by atoms with Gasteiger partial charge in [0.25, 0.3) is 0 Å². The molecule has 2 heterocycles. The monoisotopic (exact) mass is 257 g/mol. The summed E-state index contributed by atoms with van der Waals surface area (Å²) in [5, 5.41) is 3.87. The summed E-state index contributed by atoms with van der Waals surface area (Å²) in [6.07, 6.45) is 1.15. The van der Waals surface area contributed by atoms with Crippen LogP contribution in [-0.4, -0.2) is 16.5 Å². The Bertz CT molecular complexity index is 691. The maximum atomic E-state index is 13.8. The molecule has 5 heteroatoms. The van der Waals surface area contributed by atoms with Crippen LogP contribution in [0.4, 0.5) is 10.3 Å². The van der Waals surface area contributed by atoms with Gasteiger partial charge in [-0.3, -0.25) is 0 Å². The second kappa shape index (κ2) is 4.68. The Kier molecular flexibility index (Phi) is 2.87. The number of hydrogen-bond acceptors (Lipinski definition) is 4. The van der Waals surface area contributed by atoms with Crippen molar-refractivity contribution in [3.05, 3.63) is 42.3 Å². The molecule has 1 aromatic carbocycles. The largest absolute Gasteiger partial charge is 0.454 e. The first-order chi connectivity index (χ1) is 9.28. The van der Waals surface area contributed by atoms with Gasteiger partial charge in [0.15, 0.2) is 11.6 Å². The average molecular weight is 257 g/mol. The SMILES string of the molecule is CCNc1ncc(F)c(-c2cc3ccccc3o2)n1. The summed E-state index contributed by atoms with van der Waals surface area (Å²) >= 11 is 0. The highest BCUT2D eigenvalue weighted by Crippen LogP contribution is 2.28. The summed E-state index contributed by atoms with van der Waals surface area (Å²) < 4.78 is 19.4. The number of para-hydroxylation sites is 1. The molecule has 3 rings (SSSR count). The number of halogens is 1. The van der Waals surface area contributed by atoms with Crippen LogP contribution in [0.25, 0.3) is 22.4 Å². The van der Waals surface area contributed by atoms with Gasteiger partial charge in [0.1, 0.15) is 11.3 Å². The first kappa shape index (κ1) is 11.6. The first-order valence-corrected chi connectivity index (χ1v) is 6.03. The molecule has 0 aliphatic rings. The van der Waals surface area contributed by atoms with Gasteiger partial charge < -0.3 is 9.73 Å². The Balaban J connectivity index is 2.11. The molecule has 19 heavy (non-hydrogen) atoms. The lowest BCUT2D eigenvalue weighted by Gasteiger charge is -2.03. The van der Waals surface area contributed by atoms with E-state index < -0.39 is 5.82 Å². The van der Waals surface area contributed by atoms with E-state index in [0.29, 0.717) is 23.8 Å². The summed E-state index contributed by atoms with van der Waals surface area (Å²) in [6.45, 7) is 2.60. The number of nitrogens with one attached hydrogen (secondary N) is 1. The van der Waals surface area contributed by atoms with Crippen LogP contribution in [0.2, 0.25) is 0 Å². The van der Waals surface area contributed by atoms with Gasteiger partial charge in [-0.1, -0.05) is 18.2 Å². The minimum atomic E-state index is -0.499. The van der Waals surface area contributed by atoms with Crippen molar-refractivity contribution in [1.29, 1.82) is 0 Å². The number of benzene rings is 1. The lowest BCUT2D eigenvalue weighted by atomic mass is 10.2. The van der Waals surface area contributed by atoms with E-state index in [1.165, 1.54) is 0 Å². The highest BCUT2D eigenvalue weighted by Gasteiger charge is 2.13. The third-order valence-corrected chi connectivity index (χ3v) is 2.74. The van der Waals surface area contributed by atoms with E-state index in [1.807, 2.05) is 31.2 Å². The molecule has 0 aliphatic heterocycles. The zero-order chi connectivity index (χ0) is 13.2. The number of nitrogens with zero attached hydrogens (tertiary/aromatic N) is 2. The molecule has 0 aliphatic carbocycles. The molecule has 2 aromatic heterocycles. The van der Waals surface area contributed by atoms with Crippen molar-refractivity contribution in [2.24, 2.45) is 0 Å². The van der Waals surface area contributed by atoms with E-state index in [-0.39, 0.29) is 5.69 Å². The zero-order valence-electron chi connectivity index (χ0n) is 10.4. The Hall–Kier alpha value is -2.43. The van der Waals surface area contributed by atoms with E-state index in [1.54, 1.807) is 6.07 Å². The van der Waals surface area contributed by atoms with Crippen molar-refractivity contribution in [3.63, 3.8) is 0 Å². The number of rotatable bonds is 3. The minimum Gasteiger partial charge on any atom is -0.454 e. The topological polar surface area (TPSA) is 51.0 Å². The number of fused-ring (bicyclic) bond motifs is 1. The summed E-state index contributed by atoms with van der Waals surface area (Å²) in [5.74, 6) is 0.292. The standard InChI is InChI=1S/C14H12FN3O/c1-2-16-14-17-8-10(15)13(18-14)12-7-9-5-3-4-6-11(9)19-12/h3-8H,2H2,1H3,(H,16,17,18). The van der Waals surface area contributed by atoms with Gasteiger partial charge in [0, 0.05) is 11.9 Å². The predicted molar refractivity (Wildman–Crippen MR) is 71.4 cm³/mol. The number of anilines is 1. The van der Waals surface area contributed by atoms with Gasteiger partial charge >= 0.3 is 0 Å². The summed E-state index contributed by atoms with van der Waals surface area (Å²) in [7, 11) is 0. The number of hydrogen-bond donors (Lipinski definition) is 1. The average Bonchev–Trinajstić information content (AvgIpc) is 2.85. The molecule has 0 amide bonds. The Morgan fingerprint density at radius 2 is 2.16 bits per heavy atom. The van der Waals surface area contributed by atoms with Crippen LogP contribution in [0.5, 0.6) is 0 Å². The molecule has 96 valence electrons. The van der Waals surface area contributed by atoms with Crippen molar-refractivity contribution in [1.82, 2.24) is 9.97 Å². The summed E-state index contributed by atoms with van der Waals surface area (Å²) in [4.78, 5) is 8.01. The fraction of sp³-hybridized carbons (Fsp3) is 0.143. The van der Waals surface area contributed by atoms with E-state index in [4.69, 9.17) is 4.42 Å². The van der Waals surface area contributed by atoms with Crippen molar-refractivity contribution < 1.29 is 8.81 Å². The molecule has 0 unspecified atom stereocenters. The van der Waals surface area contributed by atoms with Crippen molar-refractivity contribution >= 4 is 16.9 Å². The highest BCUT2D eigenvalue weighted by molar-refractivity contribution is 5.82. The maximum absolute atomic E-state index is 13.8. The Morgan fingerprint density at radius 1 is 1.32 bits per heavy atom. The second-order valence-electron chi connectivity index (χ2n) is 4.07. The number of aromatic nitrogens is 2. The van der Waals surface area contributed by atoms with Gasteiger partial charge in [-0.2, -0.15) is 0 Å². The van der Waals surface area contributed by atoms with E-state index in [9.17, 15) is 4.39 Å². The van der Waals surface area contributed by atoms with Crippen molar-refractivity contribution in [2.75, 3.05) is 11.9 Å². The van der Waals surface area contributed by atoms with Gasteiger partial charge in [0.2, 0.25) is 5.95 Å². The molecule has 0 atom stereocenters. The van der Waals surface area contributed by atoms with Gasteiger partial charge in [-0.15, -0.1) is 0 Å². The highest BCUT2D eigenvalue weighted by atomic mass is 19.1. The normalized spacial score (nSPS) is 10.8. The molecule has 0 spiro atoms. The van der Waals surface area contributed by atoms with Crippen LogP contribution >= 0.6 is 0 Å². The van der Waals surface area contributed by atoms with Gasteiger partial charge in [-0.25, -0.2) is 14.4 Å². The summed E-state index contributed by atoms with van der Waals surface area (Å²) in [6, 6.07) is 9.30. The van der Waals surface area contributed by atoms with Crippen molar-refractivity contribution in [2.45, 2.75) is 6.92 Å². The summed E-state index contributed by atoms with van der Waals surface area (Å²) in [5.41, 5.74) is 0.877. The first-order valence-electron chi connectivity index (χ1n) is 6.03. The molecular formula is C14H12FN3O. The van der Waals surface area contributed by atoms with Crippen LogP contribution in [-0.2, 0) is 0 Å². The number of furan rings is 1. The molecule has 0 radical (unpaired) electrons.